The quantitative estimate of drug-likeness (QED) is 0.630. The number of benzene rings is 2. The molecule has 0 aliphatic carbocycles. The molecule has 2 aliphatic heterocycles. The summed E-state index contributed by atoms with van der Waals surface area (Å²) < 4.78 is 5.07. The molecule has 0 aromatic heterocycles. The lowest BCUT2D eigenvalue weighted by molar-refractivity contribution is -0.139. The van der Waals surface area contributed by atoms with Crippen molar-refractivity contribution in [1.29, 1.82) is 0 Å². The number of nitrogens with one attached hydrogen (secondary N) is 1. The highest BCUT2D eigenvalue weighted by Crippen LogP contribution is 2.37. The van der Waals surface area contributed by atoms with E-state index in [4.69, 9.17) is 16.3 Å². The fourth-order valence-corrected chi connectivity index (χ4v) is 3.52. The molecular formula is C20H16ClN3O4. The van der Waals surface area contributed by atoms with Crippen LogP contribution in [0.4, 0.5) is 11.4 Å². The average molecular weight is 398 g/mol. The summed E-state index contributed by atoms with van der Waals surface area (Å²) >= 11 is 6.03. The van der Waals surface area contributed by atoms with Crippen LogP contribution in [-0.2, 0) is 19.1 Å². The zero-order valence-electron chi connectivity index (χ0n) is 14.9. The summed E-state index contributed by atoms with van der Waals surface area (Å²) in [5, 5.41) is 1.90. The van der Waals surface area contributed by atoms with Gasteiger partial charge in [-0.15, -0.1) is 0 Å². The van der Waals surface area contributed by atoms with Crippen LogP contribution in [0.2, 0.25) is 5.02 Å². The normalized spacial score (nSPS) is 18.4. The smallest absolute Gasteiger partial charge is 0.356 e. The summed E-state index contributed by atoms with van der Waals surface area (Å²) in [6.07, 6.45) is 0. The third-order valence-electron chi connectivity index (χ3n) is 4.50. The maximum Gasteiger partial charge on any atom is 0.356 e. The summed E-state index contributed by atoms with van der Waals surface area (Å²) in [6, 6.07) is 14.5. The molecule has 142 valence electrons. The third-order valence-corrected chi connectivity index (χ3v) is 4.74. The van der Waals surface area contributed by atoms with Gasteiger partial charge in [-0.3, -0.25) is 20.0 Å². The Kier molecular flexibility index (Phi) is 4.52. The van der Waals surface area contributed by atoms with E-state index in [1.807, 2.05) is 6.07 Å². The molecule has 28 heavy (non-hydrogen) atoms. The molecule has 0 radical (unpaired) electrons. The van der Waals surface area contributed by atoms with Crippen molar-refractivity contribution in [1.82, 2.24) is 5.43 Å². The molecule has 2 aliphatic rings. The molecule has 0 bridgehead atoms. The molecule has 0 saturated carbocycles. The first-order valence-corrected chi connectivity index (χ1v) is 9.06. The molecule has 1 atom stereocenters. The Morgan fingerprint density at radius 1 is 1.11 bits per heavy atom. The summed E-state index contributed by atoms with van der Waals surface area (Å²) in [4.78, 5) is 39.8. The number of imide groups is 1. The highest BCUT2D eigenvalue weighted by Gasteiger charge is 2.54. The van der Waals surface area contributed by atoms with E-state index in [-0.39, 0.29) is 17.9 Å². The topological polar surface area (TPSA) is 79.0 Å². The molecular weight excluding hydrogens is 382 g/mol. The Hall–Kier alpha value is -3.32. The minimum Gasteiger partial charge on any atom is -0.461 e. The highest BCUT2D eigenvalue weighted by atomic mass is 35.5. The Bertz CT molecular complexity index is 1010. The van der Waals surface area contributed by atoms with Gasteiger partial charge in [-0.05, 0) is 37.3 Å². The molecule has 0 unspecified atom stereocenters. The van der Waals surface area contributed by atoms with Gasteiger partial charge in [-0.1, -0.05) is 35.9 Å². The van der Waals surface area contributed by atoms with Gasteiger partial charge in [0, 0.05) is 5.02 Å². The lowest BCUT2D eigenvalue weighted by Crippen LogP contribution is -2.46. The van der Waals surface area contributed by atoms with Crippen LogP contribution in [0.5, 0.6) is 0 Å². The van der Waals surface area contributed by atoms with E-state index in [1.54, 1.807) is 49.4 Å². The molecule has 8 heteroatoms. The standard InChI is InChI=1S/C20H16ClN3O4/c1-2-28-20(27)16-15-17(24(22-16)13-8-4-3-5-9-13)19(26)23(18(15)25)14-10-6-7-12(21)11-14/h3-11,17,22H,2H2,1H3/t17-/m0/s1. The number of carbonyl (C=O) groups excluding carboxylic acids is 3. The van der Waals surface area contributed by atoms with Crippen molar-refractivity contribution in [3.63, 3.8) is 0 Å². The number of nitrogens with zero attached hydrogens (tertiary/aromatic N) is 2. The first kappa shape index (κ1) is 18.1. The van der Waals surface area contributed by atoms with Crippen LogP contribution < -0.4 is 15.3 Å². The number of hydrazine groups is 1. The van der Waals surface area contributed by atoms with Crippen molar-refractivity contribution in [2.45, 2.75) is 13.0 Å². The van der Waals surface area contributed by atoms with Crippen LogP contribution in [0.25, 0.3) is 0 Å². The zero-order valence-corrected chi connectivity index (χ0v) is 15.6. The van der Waals surface area contributed by atoms with E-state index in [0.717, 1.165) is 4.90 Å². The van der Waals surface area contributed by atoms with Crippen molar-refractivity contribution in [2.75, 3.05) is 16.5 Å². The molecule has 2 amide bonds. The average Bonchev–Trinajstić information content (AvgIpc) is 3.20. The monoisotopic (exact) mass is 397 g/mol. The Labute approximate surface area is 166 Å². The van der Waals surface area contributed by atoms with Gasteiger partial charge in [0.2, 0.25) is 0 Å². The van der Waals surface area contributed by atoms with Gasteiger partial charge < -0.3 is 4.74 Å². The number of ether oxygens (including phenoxy) is 1. The van der Waals surface area contributed by atoms with Crippen LogP contribution in [0.3, 0.4) is 0 Å². The molecule has 2 aromatic rings. The number of anilines is 2. The van der Waals surface area contributed by atoms with Gasteiger partial charge in [-0.2, -0.15) is 0 Å². The van der Waals surface area contributed by atoms with Crippen molar-refractivity contribution in [3.8, 4) is 0 Å². The molecule has 0 spiro atoms. The molecule has 4 rings (SSSR count). The molecule has 2 aromatic carbocycles. The van der Waals surface area contributed by atoms with Gasteiger partial charge >= 0.3 is 5.97 Å². The SMILES string of the molecule is CCOC(=O)C1=C2C(=O)N(c3cccc(Cl)c3)C(=O)[C@H]2N(c2ccccc2)N1. The Morgan fingerprint density at radius 2 is 1.82 bits per heavy atom. The lowest BCUT2D eigenvalue weighted by Gasteiger charge is -2.26. The fraction of sp³-hybridized carbons (Fsp3) is 0.150. The molecule has 1 saturated heterocycles. The number of halogens is 1. The fourth-order valence-electron chi connectivity index (χ4n) is 3.33. The Morgan fingerprint density at radius 3 is 2.50 bits per heavy atom. The Balaban J connectivity index is 1.82. The highest BCUT2D eigenvalue weighted by molar-refractivity contribution is 6.35. The van der Waals surface area contributed by atoms with Gasteiger partial charge in [0.05, 0.1) is 23.6 Å². The molecule has 1 N–H and O–H groups in total. The predicted molar refractivity (Wildman–Crippen MR) is 103 cm³/mol. The maximum atomic E-state index is 13.2. The van der Waals surface area contributed by atoms with Crippen molar-refractivity contribution >= 4 is 40.8 Å². The largest absolute Gasteiger partial charge is 0.461 e. The van der Waals surface area contributed by atoms with Crippen LogP contribution in [0, 0.1) is 0 Å². The number of esters is 1. The first-order valence-electron chi connectivity index (χ1n) is 8.69. The number of carbonyl (C=O) groups is 3. The van der Waals surface area contributed by atoms with E-state index >= 15 is 0 Å². The minimum atomic E-state index is -0.978. The van der Waals surface area contributed by atoms with Gasteiger partial charge in [0.15, 0.2) is 11.7 Å². The maximum absolute atomic E-state index is 13.2. The second-order valence-electron chi connectivity index (χ2n) is 6.19. The third kappa shape index (κ3) is 2.80. The number of para-hydroxylation sites is 1. The summed E-state index contributed by atoms with van der Waals surface area (Å²) in [7, 11) is 0. The van der Waals surface area contributed by atoms with E-state index in [0.29, 0.717) is 16.4 Å². The molecule has 1 fully saturated rings. The minimum absolute atomic E-state index is 0.0291. The summed E-state index contributed by atoms with van der Waals surface area (Å²) in [6.45, 7) is 1.82. The molecule has 2 heterocycles. The van der Waals surface area contributed by atoms with E-state index in [2.05, 4.69) is 5.43 Å². The van der Waals surface area contributed by atoms with E-state index in [9.17, 15) is 14.4 Å². The van der Waals surface area contributed by atoms with Gasteiger partial charge in [0.1, 0.15) is 0 Å². The second kappa shape index (κ2) is 7.01. The van der Waals surface area contributed by atoms with Crippen LogP contribution in [0.15, 0.2) is 65.9 Å². The van der Waals surface area contributed by atoms with Crippen molar-refractivity contribution < 1.29 is 19.1 Å². The van der Waals surface area contributed by atoms with Crippen LogP contribution >= 0.6 is 11.6 Å². The van der Waals surface area contributed by atoms with E-state index in [1.165, 1.54) is 11.1 Å². The van der Waals surface area contributed by atoms with Gasteiger partial charge in [0.25, 0.3) is 11.8 Å². The van der Waals surface area contributed by atoms with Crippen molar-refractivity contribution in [2.24, 2.45) is 0 Å². The van der Waals surface area contributed by atoms with Crippen LogP contribution in [-0.4, -0.2) is 30.4 Å². The molecule has 7 nitrogen and oxygen atoms in total. The van der Waals surface area contributed by atoms with Gasteiger partial charge in [-0.25, -0.2) is 9.69 Å². The predicted octanol–water partition coefficient (Wildman–Crippen LogP) is 2.42. The number of amides is 2. The summed E-state index contributed by atoms with van der Waals surface area (Å²) in [5.74, 6) is -1.74. The number of hydrogen-bond acceptors (Lipinski definition) is 6. The van der Waals surface area contributed by atoms with Crippen LogP contribution in [0.1, 0.15) is 6.92 Å². The van der Waals surface area contributed by atoms with E-state index < -0.39 is 23.8 Å². The number of hydrogen-bond donors (Lipinski definition) is 1. The number of rotatable bonds is 4. The zero-order chi connectivity index (χ0) is 19.8. The van der Waals surface area contributed by atoms with Crippen molar-refractivity contribution in [3.05, 3.63) is 70.9 Å². The second-order valence-corrected chi connectivity index (χ2v) is 6.62. The summed E-state index contributed by atoms with van der Waals surface area (Å²) in [5.41, 5.74) is 3.90. The first-order chi connectivity index (χ1) is 13.5. The number of fused-ring (bicyclic) bond motifs is 1. The lowest BCUT2D eigenvalue weighted by atomic mass is 10.1.